The van der Waals surface area contributed by atoms with Crippen molar-refractivity contribution in [2.45, 2.75) is 6.92 Å². The zero-order valence-corrected chi connectivity index (χ0v) is 11.3. The van der Waals surface area contributed by atoms with Crippen molar-refractivity contribution in [2.75, 3.05) is 5.32 Å². The third-order valence-corrected chi connectivity index (χ3v) is 3.39. The predicted molar refractivity (Wildman–Crippen MR) is 79.8 cm³/mol. The zero-order chi connectivity index (χ0) is 13.1. The summed E-state index contributed by atoms with van der Waals surface area (Å²) in [7, 11) is 0. The lowest BCUT2D eigenvalue weighted by Crippen LogP contribution is -1.89. The second kappa shape index (κ2) is 5.20. The van der Waals surface area contributed by atoms with Gasteiger partial charge in [-0.05, 0) is 19.1 Å². The highest BCUT2D eigenvalue weighted by Gasteiger charge is 2.05. The van der Waals surface area contributed by atoms with Crippen molar-refractivity contribution < 1.29 is 0 Å². The Bertz CT molecular complexity index is 659. The predicted octanol–water partition coefficient (Wildman–Crippen LogP) is 4.26. The van der Waals surface area contributed by atoms with Crippen LogP contribution in [0.3, 0.4) is 0 Å². The van der Waals surface area contributed by atoms with E-state index in [1.54, 1.807) is 0 Å². The van der Waals surface area contributed by atoms with Gasteiger partial charge in [-0.3, -0.25) is 0 Å². The van der Waals surface area contributed by atoms with Gasteiger partial charge in [0.25, 0.3) is 0 Å². The first kappa shape index (κ1) is 11.9. The summed E-state index contributed by atoms with van der Waals surface area (Å²) >= 11 is 1.37. The lowest BCUT2D eigenvalue weighted by atomic mass is 10.2. The van der Waals surface area contributed by atoms with Crippen molar-refractivity contribution in [3.8, 4) is 11.4 Å². The first-order chi connectivity index (χ1) is 9.31. The van der Waals surface area contributed by atoms with Gasteiger partial charge in [0.1, 0.15) is 0 Å². The van der Waals surface area contributed by atoms with Crippen molar-refractivity contribution in [2.24, 2.45) is 0 Å². The Morgan fingerprint density at radius 1 is 0.947 bits per heavy atom. The Hall–Kier alpha value is -2.20. The van der Waals surface area contributed by atoms with E-state index in [0.29, 0.717) is 0 Å². The molecule has 0 aliphatic rings. The standard InChI is InChI=1S/C15H13N3S/c1-11-7-9-13(10-8-11)16-15-17-14(18-19-15)12-5-3-2-4-6-12/h2-10H,1H3,(H,16,17,18). The molecule has 0 amide bonds. The largest absolute Gasteiger partial charge is 0.330 e. The Morgan fingerprint density at radius 2 is 1.68 bits per heavy atom. The minimum atomic E-state index is 0.764. The summed E-state index contributed by atoms with van der Waals surface area (Å²) in [6.45, 7) is 2.07. The molecule has 2 aromatic carbocycles. The average Bonchev–Trinajstić information content (AvgIpc) is 2.91. The fraction of sp³-hybridized carbons (Fsp3) is 0.0667. The molecule has 0 unspecified atom stereocenters. The van der Waals surface area contributed by atoms with E-state index in [0.717, 1.165) is 22.2 Å². The number of anilines is 2. The fourth-order valence-electron chi connectivity index (χ4n) is 1.74. The number of rotatable bonds is 3. The molecule has 1 heterocycles. The summed E-state index contributed by atoms with van der Waals surface area (Å²) in [5.74, 6) is 0.764. The molecule has 0 aliphatic heterocycles. The molecule has 0 atom stereocenters. The van der Waals surface area contributed by atoms with Gasteiger partial charge in [-0.1, -0.05) is 48.0 Å². The van der Waals surface area contributed by atoms with Gasteiger partial charge in [-0.25, -0.2) is 0 Å². The number of aromatic nitrogens is 2. The lowest BCUT2D eigenvalue weighted by molar-refractivity contribution is 1.31. The molecule has 3 rings (SSSR count). The van der Waals surface area contributed by atoms with E-state index in [4.69, 9.17) is 0 Å². The van der Waals surface area contributed by atoms with Gasteiger partial charge in [0, 0.05) is 22.8 Å². The van der Waals surface area contributed by atoms with Crippen molar-refractivity contribution >= 4 is 22.4 Å². The van der Waals surface area contributed by atoms with Crippen LogP contribution in [0.1, 0.15) is 5.56 Å². The molecule has 0 aliphatic carbocycles. The number of aryl methyl sites for hydroxylation is 1. The highest BCUT2D eigenvalue weighted by Crippen LogP contribution is 2.23. The highest BCUT2D eigenvalue weighted by molar-refractivity contribution is 7.09. The fourth-order valence-corrected chi connectivity index (χ4v) is 2.35. The van der Waals surface area contributed by atoms with E-state index >= 15 is 0 Å². The van der Waals surface area contributed by atoms with Crippen molar-refractivity contribution in [3.05, 3.63) is 60.2 Å². The molecule has 0 spiro atoms. The zero-order valence-electron chi connectivity index (χ0n) is 10.5. The van der Waals surface area contributed by atoms with Crippen LogP contribution in [0.15, 0.2) is 54.6 Å². The Morgan fingerprint density at radius 3 is 2.42 bits per heavy atom. The molecule has 0 bridgehead atoms. The number of benzene rings is 2. The molecule has 0 saturated carbocycles. The van der Waals surface area contributed by atoms with Gasteiger partial charge in [0.2, 0.25) is 5.13 Å². The molecule has 1 N–H and O–H groups in total. The Kier molecular flexibility index (Phi) is 3.25. The smallest absolute Gasteiger partial charge is 0.207 e. The van der Waals surface area contributed by atoms with Crippen LogP contribution in [0.5, 0.6) is 0 Å². The van der Waals surface area contributed by atoms with Crippen LogP contribution in [0.2, 0.25) is 0 Å². The second-order valence-electron chi connectivity index (χ2n) is 4.28. The molecule has 4 heteroatoms. The highest BCUT2D eigenvalue weighted by atomic mass is 32.1. The third-order valence-electron chi connectivity index (χ3n) is 2.76. The van der Waals surface area contributed by atoms with E-state index in [2.05, 4.69) is 33.7 Å². The molecule has 3 aromatic rings. The minimum Gasteiger partial charge on any atom is -0.330 e. The van der Waals surface area contributed by atoms with Gasteiger partial charge < -0.3 is 5.32 Å². The molecule has 0 saturated heterocycles. The molecule has 94 valence electrons. The SMILES string of the molecule is Cc1ccc(Nc2nc(-c3ccccc3)ns2)cc1. The van der Waals surface area contributed by atoms with Gasteiger partial charge in [0.15, 0.2) is 5.82 Å². The van der Waals surface area contributed by atoms with Crippen LogP contribution in [0.25, 0.3) is 11.4 Å². The molecule has 1 aromatic heterocycles. The van der Waals surface area contributed by atoms with Crippen LogP contribution >= 0.6 is 11.5 Å². The monoisotopic (exact) mass is 267 g/mol. The number of nitrogens with zero attached hydrogens (tertiary/aromatic N) is 2. The lowest BCUT2D eigenvalue weighted by Gasteiger charge is -2.01. The summed E-state index contributed by atoms with van der Waals surface area (Å²) in [6, 6.07) is 18.2. The van der Waals surface area contributed by atoms with E-state index in [1.165, 1.54) is 17.1 Å². The second-order valence-corrected chi connectivity index (χ2v) is 5.03. The van der Waals surface area contributed by atoms with Crippen LogP contribution in [0.4, 0.5) is 10.8 Å². The molecule has 19 heavy (non-hydrogen) atoms. The molecule has 0 radical (unpaired) electrons. The first-order valence-electron chi connectivity index (χ1n) is 6.04. The van der Waals surface area contributed by atoms with Crippen LogP contribution in [-0.2, 0) is 0 Å². The van der Waals surface area contributed by atoms with Crippen LogP contribution in [0, 0.1) is 6.92 Å². The maximum atomic E-state index is 4.49. The van der Waals surface area contributed by atoms with Crippen molar-refractivity contribution in [3.63, 3.8) is 0 Å². The minimum absolute atomic E-state index is 0.764. The van der Waals surface area contributed by atoms with Crippen LogP contribution < -0.4 is 5.32 Å². The summed E-state index contributed by atoms with van der Waals surface area (Å²) in [5, 5.41) is 4.07. The van der Waals surface area contributed by atoms with Crippen molar-refractivity contribution in [1.29, 1.82) is 0 Å². The summed E-state index contributed by atoms with van der Waals surface area (Å²) in [6.07, 6.45) is 0. The van der Waals surface area contributed by atoms with Gasteiger partial charge in [0.05, 0.1) is 0 Å². The maximum absolute atomic E-state index is 4.49. The van der Waals surface area contributed by atoms with Crippen LogP contribution in [-0.4, -0.2) is 9.36 Å². The average molecular weight is 267 g/mol. The summed E-state index contributed by atoms with van der Waals surface area (Å²) in [5.41, 5.74) is 3.31. The number of hydrogen-bond acceptors (Lipinski definition) is 4. The molecule has 3 nitrogen and oxygen atoms in total. The first-order valence-corrected chi connectivity index (χ1v) is 6.81. The number of nitrogens with one attached hydrogen (secondary N) is 1. The molecular weight excluding hydrogens is 254 g/mol. The Labute approximate surface area is 116 Å². The quantitative estimate of drug-likeness (QED) is 0.770. The third kappa shape index (κ3) is 2.80. The van der Waals surface area contributed by atoms with Gasteiger partial charge >= 0.3 is 0 Å². The Balaban J connectivity index is 1.80. The normalized spacial score (nSPS) is 10.4. The van der Waals surface area contributed by atoms with Gasteiger partial charge in [-0.15, -0.1) is 0 Å². The summed E-state index contributed by atoms with van der Waals surface area (Å²) < 4.78 is 4.37. The van der Waals surface area contributed by atoms with E-state index in [9.17, 15) is 0 Å². The molecule has 0 fully saturated rings. The van der Waals surface area contributed by atoms with E-state index in [-0.39, 0.29) is 0 Å². The molecular formula is C15H13N3S. The van der Waals surface area contributed by atoms with Crippen molar-refractivity contribution in [1.82, 2.24) is 9.36 Å². The van der Waals surface area contributed by atoms with E-state index in [1.807, 2.05) is 42.5 Å². The van der Waals surface area contributed by atoms with Gasteiger partial charge in [-0.2, -0.15) is 9.36 Å². The maximum Gasteiger partial charge on any atom is 0.207 e. The van der Waals surface area contributed by atoms with E-state index < -0.39 is 0 Å². The number of hydrogen-bond donors (Lipinski definition) is 1. The topological polar surface area (TPSA) is 37.8 Å². The summed E-state index contributed by atoms with van der Waals surface area (Å²) in [4.78, 5) is 4.49.